The van der Waals surface area contributed by atoms with Crippen molar-refractivity contribution in [1.82, 2.24) is 4.98 Å². The van der Waals surface area contributed by atoms with Crippen LogP contribution in [0.25, 0.3) is 0 Å². The van der Waals surface area contributed by atoms with E-state index in [1.165, 1.54) is 0 Å². The molecule has 1 N–H and O–H groups in total. The molecule has 88 valence electrons. The Hall–Kier alpha value is -1.71. The van der Waals surface area contributed by atoms with E-state index in [1.54, 1.807) is 18.5 Å². The van der Waals surface area contributed by atoms with E-state index in [1.807, 2.05) is 36.4 Å². The van der Waals surface area contributed by atoms with Gasteiger partial charge in [0.05, 0.1) is 13.2 Å². The van der Waals surface area contributed by atoms with E-state index in [4.69, 9.17) is 4.74 Å². The van der Waals surface area contributed by atoms with E-state index >= 15 is 0 Å². The summed E-state index contributed by atoms with van der Waals surface area (Å²) in [6.45, 7) is 0.790. The summed E-state index contributed by atoms with van der Waals surface area (Å²) >= 11 is 0. The molecule has 0 radical (unpaired) electrons. The minimum Gasteiger partial charge on any atom is -0.386 e. The van der Waals surface area contributed by atoms with Crippen LogP contribution < -0.4 is 0 Å². The molecular weight excluding hydrogens is 214 g/mol. The highest BCUT2D eigenvalue weighted by Crippen LogP contribution is 2.12. The molecule has 1 unspecified atom stereocenters. The highest BCUT2D eigenvalue weighted by atomic mass is 16.5. The highest BCUT2D eigenvalue weighted by Gasteiger charge is 2.06. The van der Waals surface area contributed by atoms with Gasteiger partial charge in [0.25, 0.3) is 0 Å². The molecule has 0 aliphatic rings. The van der Waals surface area contributed by atoms with Gasteiger partial charge in [-0.1, -0.05) is 36.4 Å². The number of nitrogens with zero attached hydrogens (tertiary/aromatic N) is 1. The van der Waals surface area contributed by atoms with Gasteiger partial charge in [0.2, 0.25) is 0 Å². The molecule has 1 heterocycles. The lowest BCUT2D eigenvalue weighted by Gasteiger charge is -2.11. The van der Waals surface area contributed by atoms with Crippen molar-refractivity contribution in [2.24, 2.45) is 0 Å². The van der Waals surface area contributed by atoms with Crippen LogP contribution in [0.2, 0.25) is 0 Å². The SMILES string of the molecule is OC(COCc1ccccc1)c1cccnc1. The Bertz CT molecular complexity index is 430. The first-order valence-electron chi connectivity index (χ1n) is 5.56. The average molecular weight is 229 g/mol. The fourth-order valence-corrected chi connectivity index (χ4v) is 1.53. The van der Waals surface area contributed by atoms with E-state index in [2.05, 4.69) is 4.98 Å². The highest BCUT2D eigenvalue weighted by molar-refractivity contribution is 5.14. The summed E-state index contributed by atoms with van der Waals surface area (Å²) < 4.78 is 5.46. The lowest BCUT2D eigenvalue weighted by atomic mass is 10.2. The monoisotopic (exact) mass is 229 g/mol. The molecule has 3 heteroatoms. The minimum atomic E-state index is -0.618. The third-order valence-electron chi connectivity index (χ3n) is 2.46. The first-order valence-corrected chi connectivity index (χ1v) is 5.56. The summed E-state index contributed by atoms with van der Waals surface area (Å²) in [7, 11) is 0. The number of pyridine rings is 1. The second-order valence-corrected chi connectivity index (χ2v) is 3.80. The summed E-state index contributed by atoms with van der Waals surface area (Å²) in [5, 5.41) is 9.83. The Morgan fingerprint density at radius 2 is 1.94 bits per heavy atom. The first kappa shape index (κ1) is 11.8. The number of ether oxygens (including phenoxy) is 1. The van der Waals surface area contributed by atoms with E-state index in [0.29, 0.717) is 6.61 Å². The van der Waals surface area contributed by atoms with E-state index in [0.717, 1.165) is 11.1 Å². The van der Waals surface area contributed by atoms with Crippen molar-refractivity contribution in [1.29, 1.82) is 0 Å². The minimum absolute atomic E-state index is 0.278. The molecule has 0 fully saturated rings. The maximum absolute atomic E-state index is 9.83. The van der Waals surface area contributed by atoms with Crippen LogP contribution >= 0.6 is 0 Å². The standard InChI is InChI=1S/C14H15NO2/c16-14(13-7-4-8-15-9-13)11-17-10-12-5-2-1-3-6-12/h1-9,14,16H,10-11H2. The second-order valence-electron chi connectivity index (χ2n) is 3.80. The number of benzene rings is 1. The molecule has 0 aliphatic heterocycles. The van der Waals surface area contributed by atoms with Crippen molar-refractivity contribution in [2.75, 3.05) is 6.61 Å². The van der Waals surface area contributed by atoms with Crippen molar-refractivity contribution in [3.8, 4) is 0 Å². The molecule has 0 saturated heterocycles. The fourth-order valence-electron chi connectivity index (χ4n) is 1.53. The molecule has 1 aromatic heterocycles. The van der Waals surface area contributed by atoms with Crippen molar-refractivity contribution in [3.05, 3.63) is 66.0 Å². The van der Waals surface area contributed by atoms with Crippen LogP contribution in [0.3, 0.4) is 0 Å². The third kappa shape index (κ3) is 3.66. The van der Waals surface area contributed by atoms with E-state index in [9.17, 15) is 5.11 Å². The van der Waals surface area contributed by atoms with Gasteiger partial charge >= 0.3 is 0 Å². The van der Waals surface area contributed by atoms with Crippen LogP contribution in [0.5, 0.6) is 0 Å². The Morgan fingerprint density at radius 1 is 1.12 bits per heavy atom. The molecule has 0 aliphatic carbocycles. The second kappa shape index (κ2) is 6.13. The average Bonchev–Trinajstić information content (AvgIpc) is 2.41. The summed E-state index contributed by atoms with van der Waals surface area (Å²) in [5.41, 5.74) is 1.88. The van der Waals surface area contributed by atoms with Gasteiger partial charge in [-0.05, 0) is 11.6 Å². The lowest BCUT2D eigenvalue weighted by molar-refractivity contribution is 0.0275. The molecule has 0 spiro atoms. The zero-order valence-electron chi connectivity index (χ0n) is 9.49. The van der Waals surface area contributed by atoms with Crippen molar-refractivity contribution in [3.63, 3.8) is 0 Å². The van der Waals surface area contributed by atoms with E-state index < -0.39 is 6.10 Å². The summed E-state index contributed by atoms with van der Waals surface area (Å²) in [6.07, 6.45) is 2.71. The number of hydrogen-bond acceptors (Lipinski definition) is 3. The van der Waals surface area contributed by atoms with Gasteiger partial charge < -0.3 is 9.84 Å². The molecule has 0 saturated carbocycles. The molecule has 1 atom stereocenters. The van der Waals surface area contributed by atoms with Gasteiger partial charge in [-0.15, -0.1) is 0 Å². The van der Waals surface area contributed by atoms with Crippen LogP contribution in [0.4, 0.5) is 0 Å². The summed E-state index contributed by atoms with van der Waals surface area (Å²) in [6, 6.07) is 13.5. The molecule has 0 amide bonds. The number of aliphatic hydroxyl groups excluding tert-OH is 1. The molecule has 2 aromatic rings. The topological polar surface area (TPSA) is 42.4 Å². The quantitative estimate of drug-likeness (QED) is 0.855. The molecule has 1 aromatic carbocycles. The normalized spacial score (nSPS) is 12.3. The van der Waals surface area contributed by atoms with Crippen molar-refractivity contribution in [2.45, 2.75) is 12.7 Å². The van der Waals surface area contributed by atoms with Crippen molar-refractivity contribution < 1.29 is 9.84 Å². The molecule has 17 heavy (non-hydrogen) atoms. The summed E-state index contributed by atoms with van der Waals surface area (Å²) in [5.74, 6) is 0. The van der Waals surface area contributed by atoms with Gasteiger partial charge in [0, 0.05) is 18.0 Å². The van der Waals surface area contributed by atoms with Crippen LogP contribution in [0.15, 0.2) is 54.9 Å². The Kier molecular flexibility index (Phi) is 4.24. The molecule has 2 rings (SSSR count). The number of aliphatic hydroxyl groups is 1. The van der Waals surface area contributed by atoms with Crippen LogP contribution in [0, 0.1) is 0 Å². The summed E-state index contributed by atoms with van der Waals surface area (Å²) in [4.78, 5) is 3.96. The predicted molar refractivity (Wildman–Crippen MR) is 65.3 cm³/mol. The Balaban J connectivity index is 1.79. The van der Waals surface area contributed by atoms with Crippen LogP contribution in [-0.2, 0) is 11.3 Å². The molecule has 3 nitrogen and oxygen atoms in total. The fraction of sp³-hybridized carbons (Fsp3) is 0.214. The third-order valence-corrected chi connectivity index (χ3v) is 2.46. The molecule has 0 bridgehead atoms. The zero-order valence-corrected chi connectivity index (χ0v) is 9.49. The van der Waals surface area contributed by atoms with Gasteiger partial charge in [0.15, 0.2) is 0 Å². The zero-order chi connectivity index (χ0) is 11.9. The maximum Gasteiger partial charge on any atom is 0.104 e. The Labute approximate surface area is 101 Å². The van der Waals surface area contributed by atoms with Gasteiger partial charge in [-0.25, -0.2) is 0 Å². The molecular formula is C14H15NO2. The van der Waals surface area contributed by atoms with Crippen molar-refractivity contribution >= 4 is 0 Å². The number of rotatable bonds is 5. The van der Waals surface area contributed by atoms with Gasteiger partial charge in [-0.3, -0.25) is 4.98 Å². The van der Waals surface area contributed by atoms with Crippen LogP contribution in [-0.4, -0.2) is 16.7 Å². The van der Waals surface area contributed by atoms with Gasteiger partial charge in [-0.2, -0.15) is 0 Å². The van der Waals surface area contributed by atoms with Gasteiger partial charge in [0.1, 0.15) is 6.10 Å². The van der Waals surface area contributed by atoms with E-state index in [-0.39, 0.29) is 6.61 Å². The lowest BCUT2D eigenvalue weighted by Crippen LogP contribution is -2.07. The first-order chi connectivity index (χ1) is 8.36. The predicted octanol–water partition coefficient (Wildman–Crippen LogP) is 2.33. The Morgan fingerprint density at radius 3 is 2.65 bits per heavy atom. The van der Waals surface area contributed by atoms with Crippen LogP contribution in [0.1, 0.15) is 17.2 Å². The number of hydrogen-bond donors (Lipinski definition) is 1. The number of aromatic nitrogens is 1. The largest absolute Gasteiger partial charge is 0.386 e. The smallest absolute Gasteiger partial charge is 0.104 e. The maximum atomic E-state index is 9.83.